The predicted octanol–water partition coefficient (Wildman–Crippen LogP) is -9.00. The van der Waals surface area contributed by atoms with Crippen LogP contribution in [-0.2, 0) is 28.2 Å². The van der Waals surface area contributed by atoms with Gasteiger partial charge >= 0.3 is 59.1 Å². The Bertz CT molecular complexity index is 1010. The molecule has 0 spiro atoms. The summed E-state index contributed by atoms with van der Waals surface area (Å²) < 4.78 is 56.3. The van der Waals surface area contributed by atoms with Crippen LogP contribution in [0.3, 0.4) is 0 Å². The van der Waals surface area contributed by atoms with E-state index in [0.29, 0.717) is 0 Å². The molecule has 0 amide bonds. The van der Waals surface area contributed by atoms with Crippen molar-refractivity contribution in [3.8, 4) is 0 Å². The Labute approximate surface area is 207 Å². The Hall–Kier alpha value is 0.250. The molecular formula is C10H12N5Na2O10PS. The molecule has 3 heterocycles. The van der Waals surface area contributed by atoms with Gasteiger partial charge in [-0.05, 0) is 0 Å². The fourth-order valence-electron chi connectivity index (χ4n) is 2.45. The van der Waals surface area contributed by atoms with E-state index in [0.717, 1.165) is 6.33 Å². The molecule has 1 aliphatic heterocycles. The number of nitrogen functional groups attached to an aromatic ring is 1. The summed E-state index contributed by atoms with van der Waals surface area (Å²) in [6.07, 6.45) is -3.49. The number of phosphoric acid groups is 1. The van der Waals surface area contributed by atoms with Crippen LogP contribution in [0, 0.1) is 0 Å². The van der Waals surface area contributed by atoms with Crippen molar-refractivity contribution in [2.75, 3.05) is 12.3 Å². The summed E-state index contributed by atoms with van der Waals surface area (Å²) >= 11 is 0. The Kier molecular flexibility index (Phi) is 9.64. The van der Waals surface area contributed by atoms with E-state index in [9.17, 15) is 32.6 Å². The summed E-state index contributed by atoms with van der Waals surface area (Å²) in [5.74, 6) is 0.0648. The van der Waals surface area contributed by atoms with Crippen molar-refractivity contribution in [1.29, 1.82) is 0 Å². The second-order valence-electron chi connectivity index (χ2n) is 5.36. The van der Waals surface area contributed by atoms with Gasteiger partial charge in [0, 0.05) is 0 Å². The average Bonchev–Trinajstić information content (AvgIpc) is 3.07. The third-order valence-corrected chi connectivity index (χ3v) is 5.50. The van der Waals surface area contributed by atoms with Gasteiger partial charge in [0.15, 0.2) is 17.7 Å². The van der Waals surface area contributed by atoms with Gasteiger partial charge in [-0.1, -0.05) is 0 Å². The van der Waals surface area contributed by atoms with Gasteiger partial charge in [-0.15, -0.1) is 0 Å². The number of ether oxygens (including phenoxy) is 1. The molecule has 0 bridgehead atoms. The van der Waals surface area contributed by atoms with E-state index in [4.69, 9.17) is 10.5 Å². The molecule has 2 unspecified atom stereocenters. The van der Waals surface area contributed by atoms with Crippen LogP contribution in [0.2, 0.25) is 0 Å². The van der Waals surface area contributed by atoms with Crippen molar-refractivity contribution in [2.45, 2.75) is 24.5 Å². The van der Waals surface area contributed by atoms with E-state index >= 15 is 0 Å². The van der Waals surface area contributed by atoms with Gasteiger partial charge in [0.1, 0.15) is 30.2 Å². The number of hydrogen-bond acceptors (Lipinski definition) is 14. The van der Waals surface area contributed by atoms with Crippen LogP contribution in [0.25, 0.3) is 11.2 Å². The quantitative estimate of drug-likeness (QED) is 0.154. The van der Waals surface area contributed by atoms with Crippen LogP contribution in [0.1, 0.15) is 6.23 Å². The molecule has 1 fully saturated rings. The fourth-order valence-corrected chi connectivity index (χ4v) is 3.85. The third-order valence-electron chi connectivity index (χ3n) is 3.58. The topological polar surface area (TPSA) is 235 Å². The first-order chi connectivity index (χ1) is 12.5. The third kappa shape index (κ3) is 6.38. The molecule has 0 saturated carbocycles. The first-order valence-electron chi connectivity index (χ1n) is 7.06. The van der Waals surface area contributed by atoms with Gasteiger partial charge in [-0.3, -0.25) is 9.13 Å². The van der Waals surface area contributed by atoms with E-state index in [-0.39, 0.29) is 76.1 Å². The summed E-state index contributed by atoms with van der Waals surface area (Å²) in [6.45, 7) is -0.936. The first-order valence-corrected chi connectivity index (χ1v) is 9.85. The number of phosphoric ester groups is 1. The van der Waals surface area contributed by atoms with Crippen LogP contribution in [-0.4, -0.2) is 67.6 Å². The van der Waals surface area contributed by atoms with E-state index in [1.54, 1.807) is 0 Å². The number of nitrogens with two attached hydrogens (primary N) is 1. The van der Waals surface area contributed by atoms with E-state index in [2.05, 4.69) is 23.4 Å². The maximum atomic E-state index is 11.3. The van der Waals surface area contributed by atoms with Gasteiger partial charge in [0.2, 0.25) is 10.4 Å². The standard InChI is InChI=1S/C10H14N5O10PS.2Na/c11-8-5-9(13-2-12-8)15(3-14-5)10-7(17)6(16)4(24-10)1-23-26(18,19)25-27(20,21)22;;/h2-4,6-7,10,16-17H,1H2,(H,18,19)(H2,11,12,13)(H,20,21,22);;/q;2*+1/p-2/t4-,6?,7+,10-;;/m1../s1. The van der Waals surface area contributed by atoms with Crippen LogP contribution in [0.5, 0.6) is 0 Å². The molecule has 15 nitrogen and oxygen atoms in total. The Morgan fingerprint density at radius 2 is 1.93 bits per heavy atom. The van der Waals surface area contributed by atoms with Crippen molar-refractivity contribution in [3.63, 3.8) is 0 Å². The zero-order valence-electron chi connectivity index (χ0n) is 15.1. The Balaban J connectivity index is 0.00000210. The van der Waals surface area contributed by atoms with Crippen molar-refractivity contribution >= 4 is 35.2 Å². The van der Waals surface area contributed by atoms with Crippen molar-refractivity contribution < 1.29 is 105 Å². The molecular weight excluding hydrogens is 459 g/mol. The monoisotopic (exact) mass is 471 g/mol. The molecule has 29 heavy (non-hydrogen) atoms. The number of fused-ring (bicyclic) bond motifs is 1. The number of hydrogen-bond donors (Lipinski definition) is 3. The van der Waals surface area contributed by atoms with E-state index < -0.39 is 49.4 Å². The molecule has 2 aromatic heterocycles. The Morgan fingerprint density at radius 3 is 2.55 bits per heavy atom. The molecule has 4 N–H and O–H groups in total. The number of nitrogens with zero attached hydrogens (tertiary/aromatic N) is 4. The molecule has 0 radical (unpaired) electrons. The number of aliphatic hydroxyl groups excluding tert-OH is 2. The molecule has 0 aliphatic carbocycles. The summed E-state index contributed by atoms with van der Waals surface area (Å²) in [5, 5.41) is 20.2. The van der Waals surface area contributed by atoms with Crippen molar-refractivity contribution in [2.24, 2.45) is 0 Å². The van der Waals surface area contributed by atoms with Gasteiger partial charge in [0.05, 0.1) is 12.9 Å². The summed E-state index contributed by atoms with van der Waals surface area (Å²) in [7, 11) is -11.1. The van der Waals surface area contributed by atoms with Crippen LogP contribution >= 0.6 is 7.82 Å². The summed E-state index contributed by atoms with van der Waals surface area (Å²) in [6, 6.07) is 0. The van der Waals surface area contributed by atoms with Gasteiger partial charge in [0.25, 0.3) is 7.82 Å². The summed E-state index contributed by atoms with van der Waals surface area (Å²) in [4.78, 5) is 22.9. The second-order valence-corrected chi connectivity index (χ2v) is 7.92. The molecule has 1 saturated heterocycles. The normalized spacial score (nSPS) is 26.5. The van der Waals surface area contributed by atoms with E-state index in [1.165, 1.54) is 10.9 Å². The zero-order valence-corrected chi connectivity index (χ0v) is 20.8. The van der Waals surface area contributed by atoms with E-state index in [1.807, 2.05) is 0 Å². The summed E-state index contributed by atoms with van der Waals surface area (Å²) in [5.41, 5.74) is 6.03. The van der Waals surface area contributed by atoms with Gasteiger partial charge in [-0.25, -0.2) is 27.3 Å². The molecule has 19 heteroatoms. The van der Waals surface area contributed by atoms with Gasteiger partial charge < -0.3 is 34.7 Å². The average molecular weight is 471 g/mol. The minimum atomic E-state index is -5.57. The minimum Gasteiger partial charge on any atom is -0.755 e. The predicted molar refractivity (Wildman–Crippen MR) is 80.0 cm³/mol. The maximum absolute atomic E-state index is 11.3. The van der Waals surface area contributed by atoms with Crippen LogP contribution < -0.4 is 69.7 Å². The number of aliphatic hydroxyl groups is 2. The molecule has 0 aromatic carbocycles. The maximum Gasteiger partial charge on any atom is 1.00 e. The largest absolute Gasteiger partial charge is 1.00 e. The molecule has 1 aliphatic rings. The fraction of sp³-hybridized carbons (Fsp3) is 0.500. The number of rotatable bonds is 6. The van der Waals surface area contributed by atoms with Crippen LogP contribution in [0.4, 0.5) is 5.82 Å². The number of imidazole rings is 1. The van der Waals surface area contributed by atoms with Crippen molar-refractivity contribution in [1.82, 2.24) is 19.5 Å². The SMILES string of the molecule is Nc1ncnc2c1ncn2[C@@H]1O[C@H](COP(=O)([O-])OS(=O)(=O)[O-])C(O)[C@@H]1O.[Na+].[Na+]. The molecule has 2 aromatic rings. The smallest absolute Gasteiger partial charge is 0.755 e. The van der Waals surface area contributed by atoms with Crippen molar-refractivity contribution in [3.05, 3.63) is 12.7 Å². The number of anilines is 1. The number of aromatic nitrogens is 4. The first kappa shape index (κ1) is 27.3. The molecule has 5 atom stereocenters. The minimum absolute atomic E-state index is 0. The van der Waals surface area contributed by atoms with Gasteiger partial charge in [-0.2, -0.15) is 0 Å². The zero-order chi connectivity index (χ0) is 20.0. The van der Waals surface area contributed by atoms with Crippen LogP contribution in [0.15, 0.2) is 12.7 Å². The Morgan fingerprint density at radius 1 is 1.28 bits per heavy atom. The molecule has 150 valence electrons. The molecule has 3 rings (SSSR count). The second kappa shape index (κ2) is 10.2.